The van der Waals surface area contributed by atoms with E-state index in [1.165, 1.54) is 6.33 Å². The van der Waals surface area contributed by atoms with Crippen molar-refractivity contribution in [3.05, 3.63) is 18.2 Å². The monoisotopic (exact) mass is 152 g/mol. The Morgan fingerprint density at radius 1 is 1.55 bits per heavy atom. The molecule has 0 N–H and O–H groups in total. The molecule has 3 nitrogen and oxygen atoms in total. The van der Waals surface area contributed by atoms with Crippen molar-refractivity contribution in [3.8, 4) is 5.75 Å². The summed E-state index contributed by atoms with van der Waals surface area (Å²) in [6.07, 6.45) is 4.22. The van der Waals surface area contributed by atoms with Crippen LogP contribution in [-0.4, -0.2) is 16.6 Å². The molecular weight excluding hydrogens is 140 g/mol. The van der Waals surface area contributed by atoms with Crippen molar-refractivity contribution in [2.24, 2.45) is 0 Å². The number of hydrogen-bond donors (Lipinski definition) is 0. The lowest BCUT2D eigenvalue weighted by Gasteiger charge is -2.04. The van der Waals surface area contributed by atoms with Gasteiger partial charge in [-0.1, -0.05) is 6.92 Å². The van der Waals surface area contributed by atoms with Gasteiger partial charge in [-0.2, -0.15) is 0 Å². The summed E-state index contributed by atoms with van der Waals surface area (Å²) in [6, 6.07) is 0. The summed E-state index contributed by atoms with van der Waals surface area (Å²) >= 11 is 0. The molecule has 3 heteroatoms. The minimum absolute atomic E-state index is 0.730. The number of aromatic nitrogens is 2. The van der Waals surface area contributed by atoms with E-state index >= 15 is 0 Å². The van der Waals surface area contributed by atoms with Crippen molar-refractivity contribution in [3.63, 3.8) is 0 Å². The first-order valence-corrected chi connectivity index (χ1v) is 3.74. The van der Waals surface area contributed by atoms with Gasteiger partial charge in [0, 0.05) is 0 Å². The highest BCUT2D eigenvalue weighted by atomic mass is 16.5. The minimum Gasteiger partial charge on any atom is -0.490 e. The Morgan fingerprint density at radius 2 is 2.36 bits per heavy atom. The second-order valence-corrected chi connectivity index (χ2v) is 2.32. The van der Waals surface area contributed by atoms with Gasteiger partial charge < -0.3 is 4.74 Å². The zero-order chi connectivity index (χ0) is 8.10. The lowest BCUT2D eigenvalue weighted by molar-refractivity contribution is 0.312. The van der Waals surface area contributed by atoms with Crippen LogP contribution in [0.5, 0.6) is 5.75 Å². The van der Waals surface area contributed by atoms with Crippen molar-refractivity contribution in [1.82, 2.24) is 9.97 Å². The van der Waals surface area contributed by atoms with Gasteiger partial charge in [-0.15, -0.1) is 0 Å². The summed E-state index contributed by atoms with van der Waals surface area (Å²) in [5.74, 6) is 0.786. The van der Waals surface area contributed by atoms with E-state index in [1.54, 1.807) is 6.20 Å². The molecule has 1 aromatic rings. The van der Waals surface area contributed by atoms with E-state index in [1.807, 2.05) is 6.92 Å². The number of nitrogens with zero attached hydrogens (tertiary/aromatic N) is 2. The van der Waals surface area contributed by atoms with Gasteiger partial charge in [-0.05, 0) is 13.3 Å². The predicted molar refractivity (Wildman–Crippen MR) is 42.6 cm³/mol. The molecule has 0 fully saturated rings. The highest BCUT2D eigenvalue weighted by Crippen LogP contribution is 2.11. The van der Waals surface area contributed by atoms with Crippen molar-refractivity contribution >= 4 is 0 Å². The van der Waals surface area contributed by atoms with Crippen molar-refractivity contribution < 1.29 is 4.74 Å². The molecule has 1 rings (SSSR count). The molecule has 0 bridgehead atoms. The average Bonchev–Trinajstić information content (AvgIpc) is 2.03. The lowest BCUT2D eigenvalue weighted by Crippen LogP contribution is -1.98. The minimum atomic E-state index is 0.730. The Bertz CT molecular complexity index is 225. The zero-order valence-corrected chi connectivity index (χ0v) is 6.87. The molecule has 0 spiro atoms. The standard InChI is InChI=1S/C8H12N2O/c1-3-4-11-8-5-9-6-10-7(8)2/h5-6H,3-4H2,1-2H3. The smallest absolute Gasteiger partial charge is 0.158 e. The van der Waals surface area contributed by atoms with Gasteiger partial charge >= 0.3 is 0 Å². The van der Waals surface area contributed by atoms with Crippen LogP contribution in [0.25, 0.3) is 0 Å². The molecule has 0 saturated carbocycles. The summed E-state index contributed by atoms with van der Waals surface area (Å²) in [5, 5.41) is 0. The van der Waals surface area contributed by atoms with E-state index in [0.29, 0.717) is 0 Å². The van der Waals surface area contributed by atoms with Crippen LogP contribution < -0.4 is 4.74 Å². The van der Waals surface area contributed by atoms with E-state index in [-0.39, 0.29) is 0 Å². The number of aryl methyl sites for hydroxylation is 1. The normalized spacial score (nSPS) is 9.64. The Morgan fingerprint density at radius 3 is 3.00 bits per heavy atom. The first-order chi connectivity index (χ1) is 5.34. The quantitative estimate of drug-likeness (QED) is 0.659. The second-order valence-electron chi connectivity index (χ2n) is 2.32. The third-order valence-corrected chi connectivity index (χ3v) is 1.33. The Hall–Kier alpha value is -1.12. The van der Waals surface area contributed by atoms with Gasteiger partial charge in [0.1, 0.15) is 6.33 Å². The Labute approximate surface area is 66.4 Å². The molecular formula is C8H12N2O. The summed E-state index contributed by atoms with van der Waals surface area (Å²) in [4.78, 5) is 7.86. The fourth-order valence-corrected chi connectivity index (χ4v) is 0.732. The predicted octanol–water partition coefficient (Wildman–Crippen LogP) is 1.57. The Kier molecular flexibility index (Phi) is 2.83. The summed E-state index contributed by atoms with van der Waals surface area (Å²) < 4.78 is 5.36. The molecule has 1 heterocycles. The summed E-state index contributed by atoms with van der Waals surface area (Å²) in [6.45, 7) is 4.71. The molecule has 0 amide bonds. The summed E-state index contributed by atoms with van der Waals surface area (Å²) in [5.41, 5.74) is 0.897. The molecule has 0 unspecified atom stereocenters. The average molecular weight is 152 g/mol. The van der Waals surface area contributed by atoms with Crippen molar-refractivity contribution in [2.75, 3.05) is 6.61 Å². The van der Waals surface area contributed by atoms with Gasteiger partial charge in [-0.3, -0.25) is 0 Å². The van der Waals surface area contributed by atoms with Crippen molar-refractivity contribution in [1.29, 1.82) is 0 Å². The maximum Gasteiger partial charge on any atom is 0.158 e. The van der Waals surface area contributed by atoms with Crippen LogP contribution >= 0.6 is 0 Å². The molecule has 0 aliphatic heterocycles. The van der Waals surface area contributed by atoms with E-state index in [0.717, 1.165) is 24.5 Å². The molecule has 60 valence electrons. The molecule has 11 heavy (non-hydrogen) atoms. The molecule has 0 radical (unpaired) electrons. The number of hydrogen-bond acceptors (Lipinski definition) is 3. The van der Waals surface area contributed by atoms with Crippen LogP contribution in [0.2, 0.25) is 0 Å². The topological polar surface area (TPSA) is 35.0 Å². The Balaban J connectivity index is 2.62. The fourth-order valence-electron chi connectivity index (χ4n) is 0.732. The van der Waals surface area contributed by atoms with E-state index in [2.05, 4.69) is 16.9 Å². The van der Waals surface area contributed by atoms with Crippen LogP contribution in [0.3, 0.4) is 0 Å². The molecule has 0 saturated heterocycles. The maximum absolute atomic E-state index is 5.36. The number of rotatable bonds is 3. The highest BCUT2D eigenvalue weighted by molar-refractivity contribution is 5.21. The van der Waals surface area contributed by atoms with Gasteiger partial charge in [0.25, 0.3) is 0 Å². The van der Waals surface area contributed by atoms with Gasteiger partial charge in [0.05, 0.1) is 18.5 Å². The van der Waals surface area contributed by atoms with Gasteiger partial charge in [0.15, 0.2) is 5.75 Å². The van der Waals surface area contributed by atoms with Crippen LogP contribution in [0.4, 0.5) is 0 Å². The van der Waals surface area contributed by atoms with Crippen LogP contribution in [0, 0.1) is 6.92 Å². The van der Waals surface area contributed by atoms with Gasteiger partial charge in [-0.25, -0.2) is 9.97 Å². The zero-order valence-electron chi connectivity index (χ0n) is 6.87. The van der Waals surface area contributed by atoms with E-state index in [4.69, 9.17) is 4.74 Å². The third-order valence-electron chi connectivity index (χ3n) is 1.33. The first-order valence-electron chi connectivity index (χ1n) is 3.74. The third kappa shape index (κ3) is 2.18. The maximum atomic E-state index is 5.36. The molecule has 0 aromatic carbocycles. The number of ether oxygens (including phenoxy) is 1. The molecule has 1 aromatic heterocycles. The SMILES string of the molecule is CCCOc1cncnc1C. The summed E-state index contributed by atoms with van der Waals surface area (Å²) in [7, 11) is 0. The molecule has 0 atom stereocenters. The first kappa shape index (κ1) is 7.98. The van der Waals surface area contributed by atoms with Crippen LogP contribution in [0.15, 0.2) is 12.5 Å². The van der Waals surface area contributed by atoms with E-state index in [9.17, 15) is 0 Å². The largest absolute Gasteiger partial charge is 0.490 e. The lowest BCUT2D eigenvalue weighted by atomic mass is 10.4. The van der Waals surface area contributed by atoms with Gasteiger partial charge in [0.2, 0.25) is 0 Å². The van der Waals surface area contributed by atoms with Crippen LogP contribution in [-0.2, 0) is 0 Å². The molecule has 0 aliphatic rings. The highest BCUT2D eigenvalue weighted by Gasteiger charge is 1.97. The molecule has 0 aliphatic carbocycles. The second kappa shape index (κ2) is 3.91. The van der Waals surface area contributed by atoms with E-state index < -0.39 is 0 Å². The van der Waals surface area contributed by atoms with Crippen LogP contribution in [0.1, 0.15) is 19.0 Å². The van der Waals surface area contributed by atoms with Crippen molar-refractivity contribution in [2.45, 2.75) is 20.3 Å². The fraction of sp³-hybridized carbons (Fsp3) is 0.500.